The van der Waals surface area contributed by atoms with Gasteiger partial charge in [-0.3, -0.25) is 4.79 Å². The normalized spacial score (nSPS) is 26.6. The maximum atomic E-state index is 12.8. The van der Waals surface area contributed by atoms with Crippen molar-refractivity contribution in [1.29, 1.82) is 0 Å². The number of phenolic OH excluding ortho intramolecular Hbond substituents is 2. The van der Waals surface area contributed by atoms with Gasteiger partial charge in [0.25, 0.3) is 0 Å². The fraction of sp³-hybridized carbons (Fsp3) is 0.286. The molecule has 9 heteroatoms. The first-order chi connectivity index (χ1) is 14.3. The van der Waals surface area contributed by atoms with E-state index in [9.17, 15) is 30.3 Å². The highest BCUT2D eigenvalue weighted by molar-refractivity contribution is 5.88. The molecule has 0 spiro atoms. The number of benzene rings is 2. The Morgan fingerprint density at radius 3 is 2.37 bits per heavy atom. The predicted octanol–water partition coefficient (Wildman–Crippen LogP) is 1.08. The lowest BCUT2D eigenvalue weighted by Gasteiger charge is -2.38. The Balaban J connectivity index is 1.60. The second-order valence-electron chi connectivity index (χ2n) is 7.14. The zero-order chi connectivity index (χ0) is 21.6. The summed E-state index contributed by atoms with van der Waals surface area (Å²) >= 11 is 0. The molecule has 0 bridgehead atoms. The standard InChI is InChI=1S/C21H20O9/c1-9-17(24)19(26)20(27)21(29-9)30-12-4-2-10(3-5-12)13-8-28-15-7-11(22)6-14(23)16(15)18(13)25/h2-9,17,19-24,26-27H,1H3/t9-,17-,19+,20-,21-/m0/s1. The molecule has 0 amide bonds. The number of fused-ring (bicyclic) bond motifs is 1. The van der Waals surface area contributed by atoms with Crippen molar-refractivity contribution in [1.82, 2.24) is 0 Å². The van der Waals surface area contributed by atoms with E-state index in [1.54, 1.807) is 19.1 Å². The van der Waals surface area contributed by atoms with E-state index in [4.69, 9.17) is 13.9 Å². The molecule has 4 rings (SSSR count). The van der Waals surface area contributed by atoms with Crippen LogP contribution in [0, 0.1) is 0 Å². The Bertz CT molecular complexity index is 1120. The molecule has 0 radical (unpaired) electrons. The van der Waals surface area contributed by atoms with Crippen LogP contribution in [0.25, 0.3) is 22.1 Å². The number of hydrogen-bond acceptors (Lipinski definition) is 9. The minimum absolute atomic E-state index is 0.0501. The first-order valence-electron chi connectivity index (χ1n) is 9.20. The van der Waals surface area contributed by atoms with Gasteiger partial charge in [0, 0.05) is 12.1 Å². The summed E-state index contributed by atoms with van der Waals surface area (Å²) in [6, 6.07) is 8.52. The lowest BCUT2D eigenvalue weighted by Crippen LogP contribution is -2.58. The van der Waals surface area contributed by atoms with Gasteiger partial charge in [0.15, 0.2) is 0 Å². The summed E-state index contributed by atoms with van der Waals surface area (Å²) < 4.78 is 16.3. The lowest BCUT2D eigenvalue weighted by molar-refractivity contribution is -0.268. The van der Waals surface area contributed by atoms with Crippen LogP contribution in [-0.4, -0.2) is 56.2 Å². The Morgan fingerprint density at radius 1 is 0.967 bits per heavy atom. The van der Waals surface area contributed by atoms with Gasteiger partial charge in [-0.05, 0) is 24.6 Å². The molecule has 158 valence electrons. The van der Waals surface area contributed by atoms with Crippen LogP contribution in [0.3, 0.4) is 0 Å². The van der Waals surface area contributed by atoms with Gasteiger partial charge in [-0.15, -0.1) is 0 Å². The second kappa shape index (κ2) is 7.62. The molecule has 0 aliphatic carbocycles. The molecule has 5 atom stereocenters. The average molecular weight is 416 g/mol. The highest BCUT2D eigenvalue weighted by Gasteiger charge is 2.43. The summed E-state index contributed by atoms with van der Waals surface area (Å²) in [6.07, 6.45) is -4.77. The number of phenols is 2. The van der Waals surface area contributed by atoms with Crippen LogP contribution in [0.2, 0.25) is 0 Å². The molecule has 1 aliphatic rings. The summed E-state index contributed by atoms with van der Waals surface area (Å²) in [5, 5.41) is 49.1. The van der Waals surface area contributed by atoms with Crippen LogP contribution < -0.4 is 10.2 Å². The van der Waals surface area contributed by atoms with Crippen LogP contribution >= 0.6 is 0 Å². The van der Waals surface area contributed by atoms with Gasteiger partial charge in [0.1, 0.15) is 52.8 Å². The van der Waals surface area contributed by atoms with Crippen molar-refractivity contribution in [2.24, 2.45) is 0 Å². The maximum Gasteiger partial charge on any atom is 0.229 e. The monoisotopic (exact) mass is 416 g/mol. The molecule has 1 aromatic heterocycles. The molecular weight excluding hydrogens is 396 g/mol. The Labute approximate surface area is 170 Å². The fourth-order valence-corrected chi connectivity index (χ4v) is 3.38. The van der Waals surface area contributed by atoms with E-state index in [0.29, 0.717) is 11.3 Å². The quantitative estimate of drug-likeness (QED) is 0.423. The van der Waals surface area contributed by atoms with Crippen molar-refractivity contribution in [2.45, 2.75) is 37.6 Å². The first kappa shape index (κ1) is 20.2. The van der Waals surface area contributed by atoms with E-state index in [1.165, 1.54) is 24.5 Å². The summed E-state index contributed by atoms with van der Waals surface area (Å²) in [5.41, 5.74) is 0.259. The van der Waals surface area contributed by atoms with Gasteiger partial charge in [0.05, 0.1) is 11.7 Å². The maximum absolute atomic E-state index is 12.8. The van der Waals surface area contributed by atoms with Gasteiger partial charge >= 0.3 is 0 Å². The smallest absolute Gasteiger partial charge is 0.229 e. The molecule has 3 aromatic rings. The summed E-state index contributed by atoms with van der Waals surface area (Å²) in [6.45, 7) is 1.55. The van der Waals surface area contributed by atoms with E-state index < -0.39 is 36.1 Å². The minimum atomic E-state index is -1.44. The van der Waals surface area contributed by atoms with Gasteiger partial charge in [-0.25, -0.2) is 0 Å². The summed E-state index contributed by atoms with van der Waals surface area (Å²) in [4.78, 5) is 12.8. The number of aliphatic hydroxyl groups excluding tert-OH is 3. The van der Waals surface area contributed by atoms with Gasteiger partial charge in [-0.1, -0.05) is 12.1 Å². The highest BCUT2D eigenvalue weighted by atomic mass is 16.7. The van der Waals surface area contributed by atoms with Gasteiger partial charge < -0.3 is 39.4 Å². The third kappa shape index (κ3) is 3.48. The third-order valence-corrected chi connectivity index (χ3v) is 5.07. The first-order valence-corrected chi connectivity index (χ1v) is 9.20. The number of rotatable bonds is 3. The van der Waals surface area contributed by atoms with Crippen LogP contribution in [0.4, 0.5) is 0 Å². The van der Waals surface area contributed by atoms with Crippen molar-refractivity contribution in [3.63, 3.8) is 0 Å². The number of hydrogen-bond donors (Lipinski definition) is 5. The number of aromatic hydroxyl groups is 2. The number of ether oxygens (including phenoxy) is 2. The zero-order valence-corrected chi connectivity index (χ0v) is 15.8. The van der Waals surface area contributed by atoms with Crippen LogP contribution in [0.5, 0.6) is 17.2 Å². The minimum Gasteiger partial charge on any atom is -0.508 e. The summed E-state index contributed by atoms with van der Waals surface area (Å²) in [5.74, 6) is -0.313. The lowest BCUT2D eigenvalue weighted by atomic mass is 10.00. The molecule has 1 fully saturated rings. The topological polar surface area (TPSA) is 150 Å². The molecule has 2 aromatic carbocycles. The molecule has 5 N–H and O–H groups in total. The average Bonchev–Trinajstić information content (AvgIpc) is 2.71. The molecule has 0 unspecified atom stereocenters. The van der Waals surface area contributed by atoms with Gasteiger partial charge in [0.2, 0.25) is 11.7 Å². The molecule has 2 heterocycles. The number of aliphatic hydroxyl groups is 3. The summed E-state index contributed by atoms with van der Waals surface area (Å²) in [7, 11) is 0. The molecule has 30 heavy (non-hydrogen) atoms. The predicted molar refractivity (Wildman–Crippen MR) is 104 cm³/mol. The molecule has 1 aliphatic heterocycles. The Morgan fingerprint density at radius 2 is 1.67 bits per heavy atom. The van der Waals surface area contributed by atoms with E-state index in [2.05, 4.69) is 0 Å². The van der Waals surface area contributed by atoms with E-state index in [0.717, 1.165) is 6.07 Å². The van der Waals surface area contributed by atoms with Crippen molar-refractivity contribution in [3.05, 3.63) is 52.9 Å². The van der Waals surface area contributed by atoms with Crippen molar-refractivity contribution in [3.8, 4) is 28.4 Å². The molecule has 9 nitrogen and oxygen atoms in total. The fourth-order valence-electron chi connectivity index (χ4n) is 3.38. The van der Waals surface area contributed by atoms with Crippen molar-refractivity contribution in [2.75, 3.05) is 0 Å². The van der Waals surface area contributed by atoms with Crippen molar-refractivity contribution >= 4 is 11.0 Å². The molecule has 1 saturated heterocycles. The Kier molecular flexibility index (Phi) is 5.12. The molecular formula is C21H20O9. The van der Waals surface area contributed by atoms with E-state index in [-0.39, 0.29) is 28.0 Å². The SMILES string of the molecule is C[C@@H]1O[C@@H](Oc2ccc(-c3coc4cc(O)cc(O)c4c3=O)cc2)[C@@H](O)[C@H](O)[C@H]1O. The van der Waals surface area contributed by atoms with Crippen LogP contribution in [0.1, 0.15) is 6.92 Å². The third-order valence-electron chi connectivity index (χ3n) is 5.07. The van der Waals surface area contributed by atoms with Crippen molar-refractivity contribution < 1.29 is 39.4 Å². The molecule has 0 saturated carbocycles. The highest BCUT2D eigenvalue weighted by Crippen LogP contribution is 2.30. The van der Waals surface area contributed by atoms with Crippen LogP contribution in [0.15, 0.2) is 51.9 Å². The second-order valence-corrected chi connectivity index (χ2v) is 7.14. The Hall–Kier alpha value is -3.11. The van der Waals surface area contributed by atoms with Crippen LogP contribution in [-0.2, 0) is 4.74 Å². The van der Waals surface area contributed by atoms with Gasteiger partial charge in [-0.2, -0.15) is 0 Å². The van der Waals surface area contributed by atoms with E-state index >= 15 is 0 Å². The van der Waals surface area contributed by atoms with E-state index in [1.807, 2.05) is 0 Å². The largest absolute Gasteiger partial charge is 0.508 e. The zero-order valence-electron chi connectivity index (χ0n) is 15.8.